The Balaban J connectivity index is 1.62. The van der Waals surface area contributed by atoms with Crippen molar-refractivity contribution in [3.8, 4) is 0 Å². The lowest BCUT2D eigenvalue weighted by Gasteiger charge is -2.30. The molecule has 1 saturated heterocycles. The van der Waals surface area contributed by atoms with Crippen molar-refractivity contribution in [2.24, 2.45) is 11.8 Å². The molecule has 2 heterocycles. The van der Waals surface area contributed by atoms with Gasteiger partial charge < -0.3 is 10.2 Å². The summed E-state index contributed by atoms with van der Waals surface area (Å²) in [5.41, 5.74) is 0.121. The first-order valence-electron chi connectivity index (χ1n) is 11.3. The van der Waals surface area contributed by atoms with Crippen molar-refractivity contribution in [1.82, 2.24) is 15.2 Å². The molecule has 1 aliphatic heterocycles. The molecule has 2 aromatic rings. The van der Waals surface area contributed by atoms with Crippen molar-refractivity contribution in [2.45, 2.75) is 56.3 Å². The van der Waals surface area contributed by atoms with E-state index in [1.54, 1.807) is 0 Å². The van der Waals surface area contributed by atoms with Crippen LogP contribution in [0.2, 0.25) is 5.02 Å². The van der Waals surface area contributed by atoms with Crippen molar-refractivity contribution in [1.29, 1.82) is 0 Å². The van der Waals surface area contributed by atoms with E-state index in [9.17, 15) is 26.8 Å². The zero-order chi connectivity index (χ0) is 25.7. The monoisotopic (exact) mass is 525 g/mol. The lowest BCUT2D eigenvalue weighted by atomic mass is 9.99. The van der Waals surface area contributed by atoms with E-state index >= 15 is 0 Å². The van der Waals surface area contributed by atoms with Crippen molar-refractivity contribution in [2.75, 3.05) is 6.26 Å². The lowest BCUT2D eigenvalue weighted by molar-refractivity contribution is -0.126. The van der Waals surface area contributed by atoms with Gasteiger partial charge in [-0.25, -0.2) is 22.2 Å². The number of nitrogens with zero attached hydrogens (tertiary/aromatic N) is 2. The van der Waals surface area contributed by atoms with Crippen LogP contribution in [0.4, 0.5) is 8.78 Å². The van der Waals surface area contributed by atoms with Gasteiger partial charge in [-0.1, -0.05) is 18.5 Å². The normalized spacial score (nSPS) is 23.3. The maximum atomic E-state index is 14.7. The van der Waals surface area contributed by atoms with Gasteiger partial charge in [0.05, 0.1) is 11.1 Å². The van der Waals surface area contributed by atoms with Crippen LogP contribution in [-0.2, 0) is 14.6 Å². The number of aromatic nitrogens is 1. The largest absolute Gasteiger partial charge is 0.347 e. The zero-order valence-electron chi connectivity index (χ0n) is 19.5. The van der Waals surface area contributed by atoms with Gasteiger partial charge in [0.15, 0.2) is 14.9 Å². The highest BCUT2D eigenvalue weighted by Crippen LogP contribution is 2.43. The minimum atomic E-state index is -3.63. The van der Waals surface area contributed by atoms with Gasteiger partial charge in [-0.3, -0.25) is 9.59 Å². The van der Waals surface area contributed by atoms with E-state index in [0.29, 0.717) is 6.42 Å². The molecule has 4 rings (SSSR count). The Morgan fingerprint density at radius 3 is 2.49 bits per heavy atom. The van der Waals surface area contributed by atoms with E-state index < -0.39 is 45.4 Å². The van der Waals surface area contributed by atoms with E-state index in [1.165, 1.54) is 23.2 Å². The summed E-state index contributed by atoms with van der Waals surface area (Å²) in [5.74, 6) is -2.52. The standard InChI is InChI=1S/C24H26ClF2N3O4S/c1-12-8-20(30(13(12)2)24(32)15-6-7-28-21(9-15)35(3,33)34)23(31)29-22(14-4-5-14)16-10-19(27)17(25)11-18(16)26/h6-7,9-14,20,22H,4-5,8H2,1-3H3,(H,29,31)/t12-,13-,20-,22?/m1/s1. The number of hydrogen-bond donors (Lipinski definition) is 1. The molecule has 0 bridgehead atoms. The number of likely N-dealkylation sites (tertiary alicyclic amines) is 1. The van der Waals surface area contributed by atoms with Crippen LogP contribution in [0.15, 0.2) is 35.5 Å². The van der Waals surface area contributed by atoms with Gasteiger partial charge >= 0.3 is 0 Å². The van der Waals surface area contributed by atoms with Crippen molar-refractivity contribution in [3.63, 3.8) is 0 Å². The third-order valence-electron chi connectivity index (χ3n) is 6.86. The fourth-order valence-electron chi connectivity index (χ4n) is 4.58. The minimum absolute atomic E-state index is 0.0185. The van der Waals surface area contributed by atoms with Gasteiger partial charge in [-0.2, -0.15) is 0 Å². The Hall–Kier alpha value is -2.59. The number of rotatable bonds is 6. The highest BCUT2D eigenvalue weighted by Gasteiger charge is 2.45. The smallest absolute Gasteiger partial charge is 0.254 e. The maximum absolute atomic E-state index is 14.7. The number of hydrogen-bond acceptors (Lipinski definition) is 5. The Morgan fingerprint density at radius 1 is 1.17 bits per heavy atom. The highest BCUT2D eigenvalue weighted by atomic mass is 35.5. The van der Waals surface area contributed by atoms with E-state index in [2.05, 4.69) is 10.3 Å². The van der Waals surface area contributed by atoms with Crippen LogP contribution in [0.3, 0.4) is 0 Å². The summed E-state index contributed by atoms with van der Waals surface area (Å²) in [6, 6.07) is 2.58. The number of carbonyl (C=O) groups is 2. The van der Waals surface area contributed by atoms with E-state index in [4.69, 9.17) is 11.6 Å². The van der Waals surface area contributed by atoms with Crippen LogP contribution < -0.4 is 5.32 Å². The van der Waals surface area contributed by atoms with Gasteiger partial charge in [-0.15, -0.1) is 0 Å². The maximum Gasteiger partial charge on any atom is 0.254 e. The van der Waals surface area contributed by atoms with Gasteiger partial charge in [0.25, 0.3) is 5.91 Å². The molecule has 1 saturated carbocycles. The molecule has 2 amide bonds. The predicted molar refractivity (Wildman–Crippen MR) is 126 cm³/mol. The Bertz CT molecular complexity index is 1290. The third-order valence-corrected chi connectivity index (χ3v) is 8.13. The molecule has 4 atom stereocenters. The summed E-state index contributed by atoms with van der Waals surface area (Å²) in [5, 5.41) is 2.27. The molecular formula is C24H26ClF2N3O4S. The molecule has 1 unspecified atom stereocenters. The van der Waals surface area contributed by atoms with Gasteiger partial charge in [0.2, 0.25) is 5.91 Å². The van der Waals surface area contributed by atoms with Gasteiger partial charge in [0, 0.05) is 29.6 Å². The van der Waals surface area contributed by atoms with Crippen LogP contribution in [0.25, 0.3) is 0 Å². The van der Waals surface area contributed by atoms with E-state index in [1.807, 2.05) is 13.8 Å². The predicted octanol–water partition coefficient (Wildman–Crippen LogP) is 3.92. The summed E-state index contributed by atoms with van der Waals surface area (Å²) >= 11 is 5.69. The number of pyridine rings is 1. The Labute approximate surface area is 207 Å². The van der Waals surface area contributed by atoms with Gasteiger partial charge in [-0.05, 0) is 62.3 Å². The molecule has 0 spiro atoms. The molecule has 1 N–H and O–H groups in total. The molecule has 1 aromatic heterocycles. The van der Waals surface area contributed by atoms with Crippen molar-refractivity contribution < 1.29 is 26.8 Å². The third kappa shape index (κ3) is 5.18. The summed E-state index contributed by atoms with van der Waals surface area (Å²) in [7, 11) is -3.63. The number of sulfone groups is 1. The Kier molecular flexibility index (Phi) is 6.89. The molecular weight excluding hydrogens is 500 g/mol. The minimum Gasteiger partial charge on any atom is -0.347 e. The second-order valence-electron chi connectivity index (χ2n) is 9.45. The summed E-state index contributed by atoms with van der Waals surface area (Å²) in [4.78, 5) is 32.1. The molecule has 7 nitrogen and oxygen atoms in total. The molecule has 2 fully saturated rings. The second-order valence-corrected chi connectivity index (χ2v) is 11.8. The summed E-state index contributed by atoms with van der Waals surface area (Å²) < 4.78 is 52.6. The molecule has 1 aliphatic carbocycles. The van der Waals surface area contributed by atoms with E-state index in [0.717, 1.165) is 31.2 Å². The lowest BCUT2D eigenvalue weighted by Crippen LogP contribution is -2.49. The quantitative estimate of drug-likeness (QED) is 0.577. The first-order valence-corrected chi connectivity index (χ1v) is 13.6. The first kappa shape index (κ1) is 25.5. The molecule has 35 heavy (non-hydrogen) atoms. The topological polar surface area (TPSA) is 96.4 Å². The molecule has 188 valence electrons. The zero-order valence-corrected chi connectivity index (χ0v) is 21.0. The van der Waals surface area contributed by atoms with Crippen molar-refractivity contribution in [3.05, 3.63) is 58.2 Å². The van der Waals surface area contributed by atoms with Gasteiger partial charge in [0.1, 0.15) is 17.7 Å². The Morgan fingerprint density at radius 2 is 1.86 bits per heavy atom. The van der Waals surface area contributed by atoms with Crippen LogP contribution >= 0.6 is 11.6 Å². The van der Waals surface area contributed by atoms with Crippen LogP contribution in [0, 0.1) is 23.5 Å². The van der Waals surface area contributed by atoms with Crippen LogP contribution in [-0.4, -0.2) is 48.5 Å². The average molecular weight is 526 g/mol. The average Bonchev–Trinajstić information content (AvgIpc) is 3.59. The summed E-state index contributed by atoms with van der Waals surface area (Å²) in [6.45, 7) is 3.74. The fraction of sp³-hybridized carbons (Fsp3) is 0.458. The SMILES string of the molecule is C[C@@H]1C[C@H](C(=O)NC(c2cc(F)c(Cl)cc2F)C2CC2)N(C(=O)c2ccnc(S(C)(=O)=O)c2)[C@@H]1C. The fourth-order valence-corrected chi connectivity index (χ4v) is 5.32. The van der Waals surface area contributed by atoms with Crippen molar-refractivity contribution >= 4 is 33.3 Å². The number of nitrogens with one attached hydrogen (secondary N) is 1. The van der Waals surface area contributed by atoms with E-state index in [-0.39, 0.29) is 39.1 Å². The molecule has 1 aromatic carbocycles. The highest BCUT2D eigenvalue weighted by molar-refractivity contribution is 7.90. The molecule has 2 aliphatic rings. The molecule has 11 heteroatoms. The number of halogens is 3. The van der Waals surface area contributed by atoms with Crippen LogP contribution in [0.1, 0.15) is 55.1 Å². The second kappa shape index (κ2) is 9.46. The molecule has 0 radical (unpaired) electrons. The number of amides is 2. The number of benzene rings is 1. The van der Waals surface area contributed by atoms with Crippen LogP contribution in [0.5, 0.6) is 0 Å². The summed E-state index contributed by atoms with van der Waals surface area (Å²) in [6.07, 6.45) is 4.11. The first-order chi connectivity index (χ1) is 16.4. The number of carbonyl (C=O) groups excluding carboxylic acids is 2.